The molecule has 1 aromatic rings. The van der Waals surface area contributed by atoms with Crippen molar-refractivity contribution in [2.75, 3.05) is 19.6 Å². The summed E-state index contributed by atoms with van der Waals surface area (Å²) in [5.41, 5.74) is 6.82. The van der Waals surface area contributed by atoms with Gasteiger partial charge in [-0.2, -0.15) is 0 Å². The van der Waals surface area contributed by atoms with E-state index in [0.717, 1.165) is 36.2 Å². The molecule has 2 unspecified atom stereocenters. The molecule has 0 aromatic heterocycles. The minimum absolute atomic E-state index is 0.180. The van der Waals surface area contributed by atoms with Crippen LogP contribution in [0.1, 0.15) is 18.9 Å². The Hall–Kier alpha value is -0.450. The summed E-state index contributed by atoms with van der Waals surface area (Å²) >= 11 is 3.33. The summed E-state index contributed by atoms with van der Waals surface area (Å²) < 4.78 is 14.1. The van der Waals surface area contributed by atoms with Crippen LogP contribution < -0.4 is 5.73 Å². The Morgan fingerprint density at radius 1 is 1.44 bits per heavy atom. The molecule has 1 aliphatic heterocycles. The standard InChI is InChI=1S/C14H20BrFN2/c1-10-2-3-18(9-12(10)7-17)8-11-4-13(15)6-14(16)5-11/h4-6,10,12H,2-3,7-9,17H2,1H3. The molecule has 1 heterocycles. The van der Waals surface area contributed by atoms with Crippen molar-refractivity contribution in [3.63, 3.8) is 0 Å². The van der Waals surface area contributed by atoms with Gasteiger partial charge in [0, 0.05) is 17.6 Å². The lowest BCUT2D eigenvalue weighted by atomic mass is 9.87. The molecule has 0 radical (unpaired) electrons. The molecular formula is C14H20BrFN2. The van der Waals surface area contributed by atoms with E-state index in [9.17, 15) is 4.39 Å². The minimum Gasteiger partial charge on any atom is -0.330 e. The molecule has 2 N–H and O–H groups in total. The molecule has 0 aliphatic carbocycles. The van der Waals surface area contributed by atoms with E-state index in [0.29, 0.717) is 11.8 Å². The zero-order valence-electron chi connectivity index (χ0n) is 10.7. The quantitative estimate of drug-likeness (QED) is 0.929. The number of piperidine rings is 1. The lowest BCUT2D eigenvalue weighted by Crippen LogP contribution is -2.42. The average Bonchev–Trinajstić information content (AvgIpc) is 2.30. The normalized spacial score (nSPS) is 25.3. The van der Waals surface area contributed by atoms with Crippen LogP contribution in [-0.2, 0) is 6.54 Å². The van der Waals surface area contributed by atoms with Gasteiger partial charge in [0.2, 0.25) is 0 Å². The van der Waals surface area contributed by atoms with Crippen LogP contribution in [0.5, 0.6) is 0 Å². The molecule has 0 bridgehead atoms. The third kappa shape index (κ3) is 3.53. The minimum atomic E-state index is -0.180. The van der Waals surface area contributed by atoms with Gasteiger partial charge in [0.25, 0.3) is 0 Å². The van der Waals surface area contributed by atoms with Gasteiger partial charge >= 0.3 is 0 Å². The van der Waals surface area contributed by atoms with E-state index in [1.54, 1.807) is 6.07 Å². The fourth-order valence-electron chi connectivity index (χ4n) is 2.64. The Labute approximate surface area is 116 Å². The highest BCUT2D eigenvalue weighted by Gasteiger charge is 2.24. The van der Waals surface area contributed by atoms with Gasteiger partial charge in [-0.25, -0.2) is 4.39 Å². The SMILES string of the molecule is CC1CCN(Cc2cc(F)cc(Br)c2)CC1CN. The number of nitrogens with two attached hydrogens (primary N) is 1. The number of hydrogen-bond donors (Lipinski definition) is 1. The summed E-state index contributed by atoms with van der Waals surface area (Å²) in [6.45, 7) is 5.91. The highest BCUT2D eigenvalue weighted by Crippen LogP contribution is 2.24. The molecule has 100 valence electrons. The number of benzene rings is 1. The van der Waals surface area contributed by atoms with Gasteiger partial charge < -0.3 is 5.73 Å². The molecular weight excluding hydrogens is 295 g/mol. The number of halogens is 2. The first-order chi connectivity index (χ1) is 8.58. The third-order valence-electron chi connectivity index (χ3n) is 3.83. The van der Waals surface area contributed by atoms with Gasteiger partial charge in [-0.15, -0.1) is 0 Å². The fourth-order valence-corrected chi connectivity index (χ4v) is 3.15. The molecule has 4 heteroatoms. The number of likely N-dealkylation sites (tertiary alicyclic amines) is 1. The Bertz CT molecular complexity index is 391. The second kappa shape index (κ2) is 6.13. The monoisotopic (exact) mass is 314 g/mol. The van der Waals surface area contributed by atoms with Crippen molar-refractivity contribution in [3.8, 4) is 0 Å². The summed E-state index contributed by atoms with van der Waals surface area (Å²) in [5, 5.41) is 0. The van der Waals surface area contributed by atoms with E-state index in [2.05, 4.69) is 27.8 Å². The van der Waals surface area contributed by atoms with Crippen LogP contribution >= 0.6 is 15.9 Å². The van der Waals surface area contributed by atoms with Gasteiger partial charge in [-0.1, -0.05) is 22.9 Å². The first-order valence-corrected chi connectivity index (χ1v) is 7.25. The van der Waals surface area contributed by atoms with Crippen molar-refractivity contribution < 1.29 is 4.39 Å². The lowest BCUT2D eigenvalue weighted by molar-refractivity contribution is 0.126. The van der Waals surface area contributed by atoms with Gasteiger partial charge in [-0.05, 0) is 55.1 Å². The molecule has 0 spiro atoms. The maximum absolute atomic E-state index is 13.3. The molecule has 0 amide bonds. The first kappa shape index (κ1) is 14.0. The molecule has 2 nitrogen and oxygen atoms in total. The van der Waals surface area contributed by atoms with Crippen molar-refractivity contribution in [1.29, 1.82) is 0 Å². The van der Waals surface area contributed by atoms with Crippen LogP contribution in [0.4, 0.5) is 4.39 Å². The van der Waals surface area contributed by atoms with Crippen molar-refractivity contribution >= 4 is 15.9 Å². The van der Waals surface area contributed by atoms with Crippen molar-refractivity contribution in [2.24, 2.45) is 17.6 Å². The van der Waals surface area contributed by atoms with Gasteiger partial charge in [0.1, 0.15) is 5.82 Å². The van der Waals surface area contributed by atoms with Crippen LogP contribution in [-0.4, -0.2) is 24.5 Å². The molecule has 1 fully saturated rings. The summed E-state index contributed by atoms with van der Waals surface area (Å²) in [6.07, 6.45) is 1.18. The number of hydrogen-bond acceptors (Lipinski definition) is 2. The van der Waals surface area contributed by atoms with Crippen LogP contribution in [0.3, 0.4) is 0 Å². The third-order valence-corrected chi connectivity index (χ3v) is 4.29. The summed E-state index contributed by atoms with van der Waals surface area (Å²) in [5.74, 6) is 1.08. The molecule has 1 aromatic carbocycles. The number of rotatable bonds is 3. The van der Waals surface area contributed by atoms with Crippen LogP contribution in [0.25, 0.3) is 0 Å². The summed E-state index contributed by atoms with van der Waals surface area (Å²) in [6, 6.07) is 5.09. The maximum Gasteiger partial charge on any atom is 0.124 e. The largest absolute Gasteiger partial charge is 0.330 e. The van der Waals surface area contributed by atoms with Gasteiger partial charge in [0.15, 0.2) is 0 Å². The Morgan fingerprint density at radius 3 is 2.89 bits per heavy atom. The molecule has 0 saturated carbocycles. The predicted octanol–water partition coefficient (Wildman–Crippen LogP) is 3.00. The summed E-state index contributed by atoms with van der Waals surface area (Å²) in [7, 11) is 0. The Morgan fingerprint density at radius 2 is 2.22 bits per heavy atom. The van der Waals surface area contributed by atoms with Gasteiger partial charge in [0.05, 0.1) is 0 Å². The van der Waals surface area contributed by atoms with Crippen molar-refractivity contribution in [2.45, 2.75) is 19.9 Å². The highest BCUT2D eigenvalue weighted by molar-refractivity contribution is 9.10. The van der Waals surface area contributed by atoms with Crippen molar-refractivity contribution in [1.82, 2.24) is 4.90 Å². The van der Waals surface area contributed by atoms with E-state index < -0.39 is 0 Å². The Balaban J connectivity index is 2.01. The van der Waals surface area contributed by atoms with Crippen molar-refractivity contribution in [3.05, 3.63) is 34.1 Å². The van der Waals surface area contributed by atoms with E-state index in [1.807, 2.05) is 6.07 Å². The molecule has 1 aliphatic rings. The zero-order chi connectivity index (χ0) is 13.1. The topological polar surface area (TPSA) is 29.3 Å². The van der Waals surface area contributed by atoms with Crippen LogP contribution in [0.2, 0.25) is 0 Å². The van der Waals surface area contributed by atoms with E-state index in [4.69, 9.17) is 5.73 Å². The summed E-state index contributed by atoms with van der Waals surface area (Å²) in [4.78, 5) is 2.37. The number of nitrogens with zero attached hydrogens (tertiary/aromatic N) is 1. The zero-order valence-corrected chi connectivity index (χ0v) is 12.3. The second-order valence-electron chi connectivity index (χ2n) is 5.27. The van der Waals surface area contributed by atoms with Crippen LogP contribution in [0, 0.1) is 17.7 Å². The first-order valence-electron chi connectivity index (χ1n) is 6.46. The predicted molar refractivity (Wildman–Crippen MR) is 75.7 cm³/mol. The van der Waals surface area contributed by atoms with E-state index in [1.165, 1.54) is 12.5 Å². The van der Waals surface area contributed by atoms with E-state index >= 15 is 0 Å². The second-order valence-corrected chi connectivity index (χ2v) is 6.19. The molecule has 1 saturated heterocycles. The fraction of sp³-hybridized carbons (Fsp3) is 0.571. The smallest absolute Gasteiger partial charge is 0.124 e. The van der Waals surface area contributed by atoms with Gasteiger partial charge in [-0.3, -0.25) is 4.90 Å². The van der Waals surface area contributed by atoms with Crippen LogP contribution in [0.15, 0.2) is 22.7 Å². The highest BCUT2D eigenvalue weighted by atomic mass is 79.9. The van der Waals surface area contributed by atoms with E-state index in [-0.39, 0.29) is 5.82 Å². The lowest BCUT2D eigenvalue weighted by Gasteiger charge is -2.36. The molecule has 2 atom stereocenters. The maximum atomic E-state index is 13.3. The Kier molecular flexibility index (Phi) is 4.76. The molecule has 18 heavy (non-hydrogen) atoms. The average molecular weight is 315 g/mol. The molecule has 2 rings (SSSR count).